The standard InChI is InChI=1S/C17H20F3N3O4/c18-17(19,20)10-6-7-12(13(21)8-10)15(25)27-9-14(24)23-16(26)22-11-4-2-1-3-5-11/h6-8,11H,1-5,9,21H2,(H2,22,23,24,26). The molecule has 1 aromatic carbocycles. The van der Waals surface area contributed by atoms with Gasteiger partial charge in [-0.25, -0.2) is 9.59 Å². The van der Waals surface area contributed by atoms with E-state index < -0.39 is 41.9 Å². The molecule has 1 aliphatic rings. The molecule has 0 aliphatic heterocycles. The van der Waals surface area contributed by atoms with Crippen LogP contribution in [0.2, 0.25) is 0 Å². The minimum Gasteiger partial charge on any atom is -0.452 e. The summed E-state index contributed by atoms with van der Waals surface area (Å²) in [5, 5.41) is 4.69. The summed E-state index contributed by atoms with van der Waals surface area (Å²) in [5.41, 5.74) is 3.71. The molecule has 4 N–H and O–H groups in total. The second kappa shape index (κ2) is 8.74. The van der Waals surface area contributed by atoms with Crippen LogP contribution in [-0.2, 0) is 15.7 Å². The molecule has 7 nitrogen and oxygen atoms in total. The van der Waals surface area contributed by atoms with Crippen molar-refractivity contribution in [1.29, 1.82) is 0 Å². The molecule has 2 rings (SSSR count). The number of rotatable bonds is 4. The van der Waals surface area contributed by atoms with E-state index in [1.54, 1.807) is 0 Å². The van der Waals surface area contributed by atoms with Crippen molar-refractivity contribution in [3.63, 3.8) is 0 Å². The summed E-state index contributed by atoms with van der Waals surface area (Å²) < 4.78 is 42.4. The third-order valence-electron chi connectivity index (χ3n) is 4.13. The molecule has 0 heterocycles. The molecule has 3 amide bonds. The van der Waals surface area contributed by atoms with Crippen LogP contribution in [0.5, 0.6) is 0 Å². The number of anilines is 1. The van der Waals surface area contributed by atoms with Crippen molar-refractivity contribution in [2.45, 2.75) is 44.3 Å². The van der Waals surface area contributed by atoms with Gasteiger partial charge in [0.15, 0.2) is 6.61 Å². The molecule has 1 saturated carbocycles. The number of hydrogen-bond acceptors (Lipinski definition) is 5. The lowest BCUT2D eigenvalue weighted by atomic mass is 9.96. The van der Waals surface area contributed by atoms with E-state index in [2.05, 4.69) is 5.32 Å². The van der Waals surface area contributed by atoms with E-state index in [0.29, 0.717) is 12.1 Å². The number of esters is 1. The molecular weight excluding hydrogens is 367 g/mol. The second-order valence-electron chi connectivity index (χ2n) is 6.23. The van der Waals surface area contributed by atoms with Gasteiger partial charge in [0.2, 0.25) is 0 Å². The molecule has 1 aliphatic carbocycles. The molecule has 1 fully saturated rings. The number of imide groups is 1. The maximum Gasteiger partial charge on any atom is 0.416 e. The third-order valence-corrected chi connectivity index (χ3v) is 4.13. The fourth-order valence-corrected chi connectivity index (χ4v) is 2.76. The summed E-state index contributed by atoms with van der Waals surface area (Å²) in [6, 6.07) is 1.48. The van der Waals surface area contributed by atoms with E-state index in [4.69, 9.17) is 10.5 Å². The van der Waals surface area contributed by atoms with Crippen molar-refractivity contribution in [1.82, 2.24) is 10.6 Å². The number of benzene rings is 1. The number of nitrogens with one attached hydrogen (secondary N) is 2. The largest absolute Gasteiger partial charge is 0.452 e. The average molecular weight is 387 g/mol. The van der Waals surface area contributed by atoms with Crippen molar-refractivity contribution in [3.8, 4) is 0 Å². The Morgan fingerprint density at radius 2 is 1.81 bits per heavy atom. The minimum atomic E-state index is -4.60. The Kier molecular flexibility index (Phi) is 6.65. The second-order valence-corrected chi connectivity index (χ2v) is 6.23. The lowest BCUT2D eigenvalue weighted by molar-refractivity contribution is -0.137. The van der Waals surface area contributed by atoms with E-state index >= 15 is 0 Å². The lowest BCUT2D eigenvalue weighted by Crippen LogP contribution is -2.46. The van der Waals surface area contributed by atoms with Gasteiger partial charge in [0.05, 0.1) is 11.1 Å². The van der Waals surface area contributed by atoms with Crippen LogP contribution in [0.3, 0.4) is 0 Å². The molecule has 0 atom stereocenters. The van der Waals surface area contributed by atoms with Crippen molar-refractivity contribution in [2.75, 3.05) is 12.3 Å². The number of carbonyl (C=O) groups excluding carboxylic acids is 3. The SMILES string of the molecule is Nc1cc(C(F)(F)F)ccc1C(=O)OCC(=O)NC(=O)NC1CCCCC1. The van der Waals surface area contributed by atoms with Gasteiger partial charge < -0.3 is 15.8 Å². The number of halogens is 3. The smallest absolute Gasteiger partial charge is 0.416 e. The number of alkyl halides is 3. The highest BCUT2D eigenvalue weighted by molar-refractivity contribution is 5.98. The topological polar surface area (TPSA) is 111 Å². The van der Waals surface area contributed by atoms with Gasteiger partial charge in [0, 0.05) is 11.7 Å². The number of amides is 3. The normalized spacial score (nSPS) is 15.1. The molecule has 10 heteroatoms. The molecule has 0 unspecified atom stereocenters. The predicted octanol–water partition coefficient (Wildman–Crippen LogP) is 2.60. The molecular formula is C17H20F3N3O4. The monoisotopic (exact) mass is 387 g/mol. The van der Waals surface area contributed by atoms with Gasteiger partial charge in [-0.2, -0.15) is 13.2 Å². The van der Waals surface area contributed by atoms with Gasteiger partial charge in [0.1, 0.15) is 0 Å². The van der Waals surface area contributed by atoms with E-state index in [0.717, 1.165) is 38.2 Å². The van der Waals surface area contributed by atoms with Crippen molar-refractivity contribution in [3.05, 3.63) is 29.3 Å². The average Bonchev–Trinajstić information content (AvgIpc) is 2.59. The van der Waals surface area contributed by atoms with Gasteiger partial charge >= 0.3 is 18.2 Å². The summed E-state index contributed by atoms with van der Waals surface area (Å²) in [4.78, 5) is 35.3. The van der Waals surface area contributed by atoms with Gasteiger partial charge in [-0.05, 0) is 31.0 Å². The first kappa shape index (κ1) is 20.5. The highest BCUT2D eigenvalue weighted by atomic mass is 19.4. The van der Waals surface area contributed by atoms with Gasteiger partial charge in [-0.15, -0.1) is 0 Å². The number of ether oxygens (including phenoxy) is 1. The molecule has 148 valence electrons. The maximum atomic E-state index is 12.6. The summed E-state index contributed by atoms with van der Waals surface area (Å²) in [6.07, 6.45) is 0.202. The fourth-order valence-electron chi connectivity index (χ4n) is 2.76. The quantitative estimate of drug-likeness (QED) is 0.543. The minimum absolute atomic E-state index is 0.000968. The Labute approximate surface area is 153 Å². The van der Waals surface area contributed by atoms with Crippen molar-refractivity contribution in [2.24, 2.45) is 0 Å². The van der Waals surface area contributed by atoms with Crippen LogP contribution in [-0.4, -0.2) is 30.6 Å². The summed E-state index contributed by atoms with van der Waals surface area (Å²) in [7, 11) is 0. The first-order valence-electron chi connectivity index (χ1n) is 8.41. The maximum absolute atomic E-state index is 12.6. The van der Waals surface area contributed by atoms with Gasteiger partial charge in [-0.1, -0.05) is 19.3 Å². The zero-order chi connectivity index (χ0) is 20.0. The van der Waals surface area contributed by atoms with E-state index in [-0.39, 0.29) is 11.6 Å². The zero-order valence-corrected chi connectivity index (χ0v) is 14.4. The van der Waals surface area contributed by atoms with Crippen LogP contribution in [0.25, 0.3) is 0 Å². The number of nitrogen functional groups attached to an aromatic ring is 1. The highest BCUT2D eigenvalue weighted by Gasteiger charge is 2.31. The van der Waals surface area contributed by atoms with E-state index in [1.807, 2.05) is 5.32 Å². The third kappa shape index (κ3) is 6.15. The van der Waals surface area contributed by atoms with Crippen LogP contribution in [0.15, 0.2) is 18.2 Å². The summed E-state index contributed by atoms with van der Waals surface area (Å²) >= 11 is 0. The number of hydrogen-bond donors (Lipinski definition) is 3. The van der Waals surface area contributed by atoms with E-state index in [9.17, 15) is 27.6 Å². The van der Waals surface area contributed by atoms with Crippen LogP contribution in [0, 0.1) is 0 Å². The summed E-state index contributed by atoms with van der Waals surface area (Å²) in [6.45, 7) is -0.766. The van der Waals surface area contributed by atoms with E-state index in [1.165, 1.54) is 0 Å². The van der Waals surface area contributed by atoms with Gasteiger partial charge in [0.25, 0.3) is 5.91 Å². The Morgan fingerprint density at radius 1 is 1.15 bits per heavy atom. The molecule has 0 spiro atoms. The fraction of sp³-hybridized carbons (Fsp3) is 0.471. The summed E-state index contributed by atoms with van der Waals surface area (Å²) in [5.74, 6) is -1.92. The van der Waals surface area contributed by atoms with Crippen LogP contribution >= 0.6 is 0 Å². The number of urea groups is 1. The first-order chi connectivity index (χ1) is 12.7. The molecule has 0 aromatic heterocycles. The Morgan fingerprint density at radius 3 is 2.41 bits per heavy atom. The highest BCUT2D eigenvalue weighted by Crippen LogP contribution is 2.31. The Hall–Kier alpha value is -2.78. The van der Waals surface area contributed by atoms with Crippen LogP contribution in [0.1, 0.15) is 48.0 Å². The van der Waals surface area contributed by atoms with Crippen molar-refractivity contribution >= 4 is 23.6 Å². The molecule has 0 bridgehead atoms. The Bertz CT molecular complexity index is 716. The molecule has 0 saturated heterocycles. The van der Waals surface area contributed by atoms with Crippen molar-refractivity contribution < 1.29 is 32.3 Å². The van der Waals surface area contributed by atoms with Crippen LogP contribution < -0.4 is 16.4 Å². The zero-order valence-electron chi connectivity index (χ0n) is 14.4. The van der Waals surface area contributed by atoms with Gasteiger partial charge in [-0.3, -0.25) is 10.1 Å². The molecule has 27 heavy (non-hydrogen) atoms. The molecule has 0 radical (unpaired) electrons. The predicted molar refractivity (Wildman–Crippen MR) is 89.7 cm³/mol. The Balaban J connectivity index is 1.82. The number of nitrogens with two attached hydrogens (primary N) is 1. The first-order valence-corrected chi connectivity index (χ1v) is 8.41. The molecule has 1 aromatic rings. The lowest BCUT2D eigenvalue weighted by Gasteiger charge is -2.22. The van der Waals surface area contributed by atoms with Crippen LogP contribution in [0.4, 0.5) is 23.7 Å². The number of carbonyl (C=O) groups is 3.